The molecule has 0 saturated heterocycles. The summed E-state index contributed by atoms with van der Waals surface area (Å²) in [6.07, 6.45) is 0. The fourth-order valence-corrected chi connectivity index (χ4v) is 2.42. The number of para-hydroxylation sites is 1. The number of rotatable bonds is 3. The van der Waals surface area contributed by atoms with Gasteiger partial charge < -0.3 is 4.74 Å². The van der Waals surface area contributed by atoms with E-state index >= 15 is 0 Å². The number of hydrogen-bond donors (Lipinski definition) is 0. The highest BCUT2D eigenvalue weighted by Gasteiger charge is 2.01. The van der Waals surface area contributed by atoms with Gasteiger partial charge in [-0.05, 0) is 54.1 Å². The average molecular weight is 338 g/mol. The van der Waals surface area contributed by atoms with E-state index in [1.54, 1.807) is 0 Å². The monoisotopic (exact) mass is 338 g/mol. The quantitative estimate of drug-likeness (QED) is 0.750. The molecule has 2 heteroatoms. The third kappa shape index (κ3) is 3.46. The van der Waals surface area contributed by atoms with Crippen LogP contribution in [0.1, 0.15) is 16.7 Å². The highest BCUT2D eigenvalue weighted by atomic mass is 127. The van der Waals surface area contributed by atoms with Crippen LogP contribution in [0.15, 0.2) is 42.5 Å². The van der Waals surface area contributed by atoms with Gasteiger partial charge in [0.25, 0.3) is 0 Å². The second-order valence-electron chi connectivity index (χ2n) is 4.22. The van der Waals surface area contributed by atoms with E-state index in [1.165, 1.54) is 16.7 Å². The standard InChI is InChI=1S/C15H15IO/c1-11-7-12(2)9-13(8-11)10-17-15-6-4-3-5-14(15)16/h3-9H,10H2,1-2H3. The van der Waals surface area contributed by atoms with Crippen LogP contribution in [-0.2, 0) is 6.61 Å². The van der Waals surface area contributed by atoms with E-state index in [2.05, 4.69) is 60.7 Å². The van der Waals surface area contributed by atoms with Crippen molar-refractivity contribution in [2.24, 2.45) is 0 Å². The summed E-state index contributed by atoms with van der Waals surface area (Å²) < 4.78 is 6.97. The lowest BCUT2D eigenvalue weighted by atomic mass is 10.1. The Balaban J connectivity index is 2.10. The maximum atomic E-state index is 5.83. The van der Waals surface area contributed by atoms with E-state index in [1.807, 2.05) is 18.2 Å². The van der Waals surface area contributed by atoms with Gasteiger partial charge in [0.1, 0.15) is 12.4 Å². The maximum Gasteiger partial charge on any atom is 0.133 e. The Morgan fingerprint density at radius 1 is 1.00 bits per heavy atom. The molecule has 0 N–H and O–H groups in total. The van der Waals surface area contributed by atoms with Crippen LogP contribution in [0.25, 0.3) is 0 Å². The molecular formula is C15H15IO. The minimum absolute atomic E-state index is 0.628. The summed E-state index contributed by atoms with van der Waals surface area (Å²) in [6.45, 7) is 4.86. The maximum absolute atomic E-state index is 5.83. The summed E-state index contributed by atoms with van der Waals surface area (Å²) in [4.78, 5) is 0. The lowest BCUT2D eigenvalue weighted by Crippen LogP contribution is -1.97. The molecule has 0 unspecified atom stereocenters. The normalized spacial score (nSPS) is 10.3. The first-order chi connectivity index (χ1) is 8.15. The van der Waals surface area contributed by atoms with Gasteiger partial charge in [0.15, 0.2) is 0 Å². The third-order valence-electron chi connectivity index (χ3n) is 2.51. The molecule has 1 nitrogen and oxygen atoms in total. The van der Waals surface area contributed by atoms with Gasteiger partial charge in [-0.25, -0.2) is 0 Å². The second kappa shape index (κ2) is 5.54. The average Bonchev–Trinajstić information content (AvgIpc) is 2.27. The molecule has 2 aromatic carbocycles. The molecule has 2 rings (SSSR count). The Bertz CT molecular complexity index is 500. The number of halogens is 1. The van der Waals surface area contributed by atoms with Gasteiger partial charge in [-0.15, -0.1) is 0 Å². The molecule has 88 valence electrons. The highest BCUT2D eigenvalue weighted by molar-refractivity contribution is 14.1. The Morgan fingerprint density at radius 3 is 2.29 bits per heavy atom. The molecule has 0 aromatic heterocycles. The van der Waals surface area contributed by atoms with Crippen molar-refractivity contribution in [3.63, 3.8) is 0 Å². The van der Waals surface area contributed by atoms with Crippen LogP contribution >= 0.6 is 22.6 Å². The van der Waals surface area contributed by atoms with Crippen LogP contribution in [0.2, 0.25) is 0 Å². The van der Waals surface area contributed by atoms with Crippen molar-refractivity contribution in [1.29, 1.82) is 0 Å². The first-order valence-corrected chi connectivity index (χ1v) is 6.67. The van der Waals surface area contributed by atoms with Crippen LogP contribution < -0.4 is 4.74 Å². The van der Waals surface area contributed by atoms with E-state index in [9.17, 15) is 0 Å². The summed E-state index contributed by atoms with van der Waals surface area (Å²) in [5.41, 5.74) is 3.79. The number of ether oxygens (including phenoxy) is 1. The molecule has 0 atom stereocenters. The molecule has 0 heterocycles. The zero-order valence-corrected chi connectivity index (χ0v) is 12.2. The fourth-order valence-electron chi connectivity index (χ4n) is 1.88. The van der Waals surface area contributed by atoms with Crippen LogP contribution in [0, 0.1) is 17.4 Å². The molecule has 0 amide bonds. The second-order valence-corrected chi connectivity index (χ2v) is 5.38. The topological polar surface area (TPSA) is 9.23 Å². The molecule has 0 fully saturated rings. The van der Waals surface area contributed by atoms with Crippen molar-refractivity contribution in [1.82, 2.24) is 0 Å². The zero-order chi connectivity index (χ0) is 12.3. The molecule has 17 heavy (non-hydrogen) atoms. The van der Waals surface area contributed by atoms with Crippen LogP contribution in [0.3, 0.4) is 0 Å². The number of aryl methyl sites for hydroxylation is 2. The van der Waals surface area contributed by atoms with Crippen LogP contribution in [-0.4, -0.2) is 0 Å². The van der Waals surface area contributed by atoms with Gasteiger partial charge >= 0.3 is 0 Å². The van der Waals surface area contributed by atoms with E-state index < -0.39 is 0 Å². The first kappa shape index (κ1) is 12.4. The molecule has 0 aliphatic rings. The van der Waals surface area contributed by atoms with Crippen molar-refractivity contribution in [3.8, 4) is 5.75 Å². The van der Waals surface area contributed by atoms with Gasteiger partial charge in [-0.1, -0.05) is 41.5 Å². The Kier molecular flexibility index (Phi) is 4.05. The highest BCUT2D eigenvalue weighted by Crippen LogP contribution is 2.21. The summed E-state index contributed by atoms with van der Waals surface area (Å²) >= 11 is 2.29. The Labute approximate surface area is 116 Å². The third-order valence-corrected chi connectivity index (χ3v) is 3.40. The smallest absolute Gasteiger partial charge is 0.133 e. The van der Waals surface area contributed by atoms with Gasteiger partial charge in [0.2, 0.25) is 0 Å². The Hall–Kier alpha value is -1.03. The summed E-state index contributed by atoms with van der Waals surface area (Å²) in [7, 11) is 0. The summed E-state index contributed by atoms with van der Waals surface area (Å²) in [5, 5.41) is 0. The molecule has 0 aliphatic carbocycles. The van der Waals surface area contributed by atoms with Gasteiger partial charge in [0.05, 0.1) is 3.57 Å². The minimum Gasteiger partial charge on any atom is -0.488 e. The first-order valence-electron chi connectivity index (χ1n) is 5.59. The van der Waals surface area contributed by atoms with Crippen molar-refractivity contribution in [2.75, 3.05) is 0 Å². The van der Waals surface area contributed by atoms with E-state index in [4.69, 9.17) is 4.74 Å². The summed E-state index contributed by atoms with van der Waals surface area (Å²) in [5.74, 6) is 0.951. The Morgan fingerprint density at radius 2 is 1.65 bits per heavy atom. The minimum atomic E-state index is 0.628. The predicted molar refractivity (Wildman–Crippen MR) is 79.4 cm³/mol. The lowest BCUT2D eigenvalue weighted by Gasteiger charge is -2.09. The molecule has 0 radical (unpaired) electrons. The molecule has 0 spiro atoms. The number of benzene rings is 2. The number of hydrogen-bond acceptors (Lipinski definition) is 1. The molecular weight excluding hydrogens is 323 g/mol. The van der Waals surface area contributed by atoms with Gasteiger partial charge in [0, 0.05) is 0 Å². The summed E-state index contributed by atoms with van der Waals surface area (Å²) in [6, 6.07) is 14.6. The van der Waals surface area contributed by atoms with Crippen molar-refractivity contribution < 1.29 is 4.74 Å². The van der Waals surface area contributed by atoms with Crippen molar-refractivity contribution >= 4 is 22.6 Å². The zero-order valence-electron chi connectivity index (χ0n) is 10.0. The van der Waals surface area contributed by atoms with Crippen molar-refractivity contribution in [3.05, 3.63) is 62.7 Å². The lowest BCUT2D eigenvalue weighted by molar-refractivity contribution is 0.304. The van der Waals surface area contributed by atoms with Crippen molar-refractivity contribution in [2.45, 2.75) is 20.5 Å². The fraction of sp³-hybridized carbons (Fsp3) is 0.200. The van der Waals surface area contributed by atoms with E-state index in [0.717, 1.165) is 9.32 Å². The van der Waals surface area contributed by atoms with E-state index in [-0.39, 0.29) is 0 Å². The molecule has 2 aromatic rings. The SMILES string of the molecule is Cc1cc(C)cc(COc2ccccc2I)c1. The van der Waals surface area contributed by atoms with Crippen LogP contribution in [0.5, 0.6) is 5.75 Å². The van der Waals surface area contributed by atoms with E-state index in [0.29, 0.717) is 6.61 Å². The largest absolute Gasteiger partial charge is 0.488 e. The van der Waals surface area contributed by atoms with Gasteiger partial charge in [-0.2, -0.15) is 0 Å². The van der Waals surface area contributed by atoms with Gasteiger partial charge in [-0.3, -0.25) is 0 Å². The molecule has 0 bridgehead atoms. The molecule has 0 aliphatic heterocycles. The predicted octanol–water partition coefficient (Wildman–Crippen LogP) is 4.49. The van der Waals surface area contributed by atoms with Crippen LogP contribution in [0.4, 0.5) is 0 Å². The molecule has 0 saturated carbocycles.